The van der Waals surface area contributed by atoms with Gasteiger partial charge in [-0.25, -0.2) is 4.98 Å². The summed E-state index contributed by atoms with van der Waals surface area (Å²) in [7, 11) is 0. The van der Waals surface area contributed by atoms with E-state index in [2.05, 4.69) is 17.2 Å². The first-order chi connectivity index (χ1) is 9.67. The minimum Gasteiger partial charge on any atom is -0.484 e. The molecule has 5 heteroatoms. The van der Waals surface area contributed by atoms with Crippen molar-refractivity contribution in [1.29, 1.82) is 0 Å². The van der Waals surface area contributed by atoms with Gasteiger partial charge < -0.3 is 10.1 Å². The third-order valence-corrected chi connectivity index (χ3v) is 2.87. The molecule has 20 heavy (non-hydrogen) atoms. The number of benzene rings is 1. The van der Waals surface area contributed by atoms with Gasteiger partial charge in [0, 0.05) is 0 Å². The lowest BCUT2D eigenvalue weighted by Gasteiger charge is -2.08. The summed E-state index contributed by atoms with van der Waals surface area (Å²) >= 11 is 5.74. The molecule has 2 rings (SSSR count). The van der Waals surface area contributed by atoms with E-state index in [-0.39, 0.29) is 12.5 Å². The van der Waals surface area contributed by atoms with Gasteiger partial charge in [0.05, 0.1) is 0 Å². The SMILES string of the molecule is CCc1cccc(OCC(=O)Nc2cccc(Cl)n2)c1. The molecule has 0 unspecified atom stereocenters. The number of ether oxygens (including phenoxy) is 1. The lowest BCUT2D eigenvalue weighted by Crippen LogP contribution is -2.20. The predicted octanol–water partition coefficient (Wildman–Crippen LogP) is 3.31. The molecule has 4 nitrogen and oxygen atoms in total. The van der Waals surface area contributed by atoms with Crippen LogP contribution in [0.2, 0.25) is 5.15 Å². The van der Waals surface area contributed by atoms with Gasteiger partial charge in [-0.3, -0.25) is 4.79 Å². The van der Waals surface area contributed by atoms with Gasteiger partial charge >= 0.3 is 0 Å². The Morgan fingerprint density at radius 2 is 2.10 bits per heavy atom. The molecule has 0 aliphatic heterocycles. The number of pyridine rings is 1. The maximum atomic E-state index is 11.7. The summed E-state index contributed by atoms with van der Waals surface area (Å²) in [6, 6.07) is 12.7. The second kappa shape index (κ2) is 6.91. The summed E-state index contributed by atoms with van der Waals surface area (Å²) in [4.78, 5) is 15.7. The largest absolute Gasteiger partial charge is 0.484 e. The number of carbonyl (C=O) groups is 1. The predicted molar refractivity (Wildman–Crippen MR) is 79.2 cm³/mol. The van der Waals surface area contributed by atoms with Crippen molar-refractivity contribution in [1.82, 2.24) is 4.98 Å². The van der Waals surface area contributed by atoms with Crippen molar-refractivity contribution >= 4 is 23.3 Å². The summed E-state index contributed by atoms with van der Waals surface area (Å²) in [5.74, 6) is 0.814. The van der Waals surface area contributed by atoms with Gasteiger partial charge in [-0.05, 0) is 36.2 Å². The van der Waals surface area contributed by atoms with Crippen LogP contribution in [0.5, 0.6) is 5.75 Å². The van der Waals surface area contributed by atoms with Crippen molar-refractivity contribution in [3.05, 3.63) is 53.2 Å². The molecule has 0 bridgehead atoms. The Morgan fingerprint density at radius 1 is 1.30 bits per heavy atom. The first-order valence-corrected chi connectivity index (χ1v) is 6.69. The molecular formula is C15H15ClN2O2. The van der Waals surface area contributed by atoms with Gasteiger partial charge in [-0.1, -0.05) is 36.7 Å². The molecule has 104 valence electrons. The van der Waals surface area contributed by atoms with Crippen LogP contribution in [0.25, 0.3) is 0 Å². The van der Waals surface area contributed by atoms with Crippen molar-refractivity contribution in [3.63, 3.8) is 0 Å². The Labute approximate surface area is 122 Å². The molecule has 0 aliphatic rings. The van der Waals surface area contributed by atoms with E-state index in [0.717, 1.165) is 6.42 Å². The summed E-state index contributed by atoms with van der Waals surface area (Å²) in [5, 5.41) is 2.95. The van der Waals surface area contributed by atoms with Crippen molar-refractivity contribution < 1.29 is 9.53 Å². The minimum absolute atomic E-state index is 0.0681. The molecule has 1 N–H and O–H groups in total. The standard InChI is InChI=1S/C15H15ClN2O2/c1-2-11-5-3-6-12(9-11)20-10-15(19)18-14-8-4-7-13(16)17-14/h3-9H,2,10H2,1H3,(H,17,18,19). The van der Waals surface area contributed by atoms with Crippen LogP contribution in [0.1, 0.15) is 12.5 Å². The molecule has 0 aliphatic carbocycles. The smallest absolute Gasteiger partial charge is 0.263 e. The third-order valence-electron chi connectivity index (χ3n) is 2.66. The van der Waals surface area contributed by atoms with Crippen molar-refractivity contribution in [3.8, 4) is 5.75 Å². The maximum Gasteiger partial charge on any atom is 0.263 e. The van der Waals surface area contributed by atoms with Gasteiger partial charge in [-0.2, -0.15) is 0 Å². The first-order valence-electron chi connectivity index (χ1n) is 6.31. The molecular weight excluding hydrogens is 276 g/mol. The second-order valence-electron chi connectivity index (χ2n) is 4.18. The molecule has 1 aromatic carbocycles. The van der Waals surface area contributed by atoms with Crippen molar-refractivity contribution in [2.24, 2.45) is 0 Å². The lowest BCUT2D eigenvalue weighted by atomic mass is 10.2. The normalized spacial score (nSPS) is 10.1. The van der Waals surface area contributed by atoms with Crippen molar-refractivity contribution in [2.75, 3.05) is 11.9 Å². The molecule has 2 aromatic rings. The Balaban J connectivity index is 1.88. The van der Waals surface area contributed by atoms with Gasteiger partial charge in [0.25, 0.3) is 5.91 Å². The third kappa shape index (κ3) is 4.24. The number of nitrogens with zero attached hydrogens (tertiary/aromatic N) is 1. The summed E-state index contributed by atoms with van der Waals surface area (Å²) in [5.41, 5.74) is 1.17. The highest BCUT2D eigenvalue weighted by molar-refractivity contribution is 6.29. The quantitative estimate of drug-likeness (QED) is 0.860. The van der Waals surface area contributed by atoms with Gasteiger partial charge in [0.2, 0.25) is 0 Å². The van der Waals surface area contributed by atoms with Crippen LogP contribution in [0.15, 0.2) is 42.5 Å². The Hall–Kier alpha value is -2.07. The first kappa shape index (κ1) is 14.3. The fourth-order valence-electron chi connectivity index (χ4n) is 1.66. The second-order valence-corrected chi connectivity index (χ2v) is 4.57. The lowest BCUT2D eigenvalue weighted by molar-refractivity contribution is -0.118. The number of aryl methyl sites for hydroxylation is 1. The highest BCUT2D eigenvalue weighted by Gasteiger charge is 2.05. The number of anilines is 1. The van der Waals surface area contributed by atoms with Crippen LogP contribution >= 0.6 is 11.6 Å². The number of halogens is 1. The Morgan fingerprint density at radius 3 is 2.85 bits per heavy atom. The summed E-state index contributed by atoms with van der Waals surface area (Å²) in [6.45, 7) is 2.00. The number of hydrogen-bond donors (Lipinski definition) is 1. The molecule has 1 heterocycles. The Bertz CT molecular complexity index is 602. The van der Waals surface area contributed by atoms with Crippen LogP contribution < -0.4 is 10.1 Å². The van der Waals surface area contributed by atoms with Crippen LogP contribution in [-0.4, -0.2) is 17.5 Å². The van der Waals surface area contributed by atoms with E-state index in [1.807, 2.05) is 24.3 Å². The fraction of sp³-hybridized carbons (Fsp3) is 0.200. The van der Waals surface area contributed by atoms with E-state index >= 15 is 0 Å². The van der Waals surface area contributed by atoms with E-state index in [9.17, 15) is 4.79 Å². The van der Waals surface area contributed by atoms with E-state index in [0.29, 0.717) is 16.7 Å². The van der Waals surface area contributed by atoms with E-state index < -0.39 is 0 Å². The highest BCUT2D eigenvalue weighted by Crippen LogP contribution is 2.14. The van der Waals surface area contributed by atoms with Gasteiger partial charge in [0.1, 0.15) is 16.7 Å². The summed E-state index contributed by atoms with van der Waals surface area (Å²) in [6.07, 6.45) is 0.926. The molecule has 0 saturated heterocycles. The number of carbonyl (C=O) groups excluding carboxylic acids is 1. The van der Waals surface area contributed by atoms with E-state index in [1.165, 1.54) is 5.56 Å². The van der Waals surface area contributed by atoms with Crippen LogP contribution in [0.3, 0.4) is 0 Å². The number of amides is 1. The fourth-order valence-corrected chi connectivity index (χ4v) is 1.82. The number of aromatic nitrogens is 1. The average molecular weight is 291 g/mol. The summed E-state index contributed by atoms with van der Waals surface area (Å²) < 4.78 is 5.44. The van der Waals surface area contributed by atoms with Gasteiger partial charge in [-0.15, -0.1) is 0 Å². The highest BCUT2D eigenvalue weighted by atomic mass is 35.5. The zero-order chi connectivity index (χ0) is 14.4. The minimum atomic E-state index is -0.276. The van der Waals surface area contributed by atoms with Crippen LogP contribution in [-0.2, 0) is 11.2 Å². The van der Waals surface area contributed by atoms with E-state index in [4.69, 9.17) is 16.3 Å². The topological polar surface area (TPSA) is 51.2 Å². The molecule has 0 spiro atoms. The van der Waals surface area contributed by atoms with Crippen LogP contribution in [0, 0.1) is 0 Å². The monoisotopic (exact) mass is 290 g/mol. The Kier molecular flexibility index (Phi) is 4.96. The molecule has 0 radical (unpaired) electrons. The molecule has 0 atom stereocenters. The zero-order valence-corrected chi connectivity index (χ0v) is 11.9. The number of hydrogen-bond acceptors (Lipinski definition) is 3. The number of nitrogens with one attached hydrogen (secondary N) is 1. The zero-order valence-electron chi connectivity index (χ0n) is 11.1. The molecule has 1 aromatic heterocycles. The van der Waals surface area contributed by atoms with Crippen molar-refractivity contribution in [2.45, 2.75) is 13.3 Å². The number of rotatable bonds is 5. The molecule has 0 fully saturated rings. The van der Waals surface area contributed by atoms with E-state index in [1.54, 1.807) is 18.2 Å². The average Bonchev–Trinajstić information content (AvgIpc) is 2.45. The van der Waals surface area contributed by atoms with Gasteiger partial charge in [0.15, 0.2) is 6.61 Å². The molecule has 0 saturated carbocycles. The maximum absolute atomic E-state index is 11.7. The molecule has 1 amide bonds. The van der Waals surface area contributed by atoms with Crippen LogP contribution in [0.4, 0.5) is 5.82 Å².